The molecular formula is C52H36N2. The van der Waals surface area contributed by atoms with Gasteiger partial charge >= 0.3 is 0 Å². The number of rotatable bonds is 7. The summed E-state index contributed by atoms with van der Waals surface area (Å²) in [6.45, 7) is 0. The van der Waals surface area contributed by atoms with E-state index < -0.39 is 0 Å². The molecule has 0 unspecified atom stereocenters. The SMILES string of the molecule is c1ccc(-c2ccccc2-c2c(-c3ccccc3)cccc2N(c2ccc(-n3c4ccccc4c4ccccc43)cc2)c2ccc3ccccc3c2)cc1. The maximum atomic E-state index is 2.44. The highest BCUT2D eigenvalue weighted by Gasteiger charge is 2.23. The Morgan fingerprint density at radius 1 is 0.333 bits per heavy atom. The number of benzene rings is 9. The van der Waals surface area contributed by atoms with Crippen LogP contribution < -0.4 is 4.90 Å². The fraction of sp³-hybridized carbons (Fsp3) is 0. The minimum absolute atomic E-state index is 1.08. The largest absolute Gasteiger partial charge is 0.310 e. The molecule has 0 spiro atoms. The van der Waals surface area contributed by atoms with Crippen LogP contribution in [0.2, 0.25) is 0 Å². The molecule has 10 rings (SSSR count). The van der Waals surface area contributed by atoms with E-state index in [0.29, 0.717) is 0 Å². The number of aromatic nitrogens is 1. The maximum Gasteiger partial charge on any atom is 0.0546 e. The van der Waals surface area contributed by atoms with Gasteiger partial charge in [0.05, 0.1) is 16.7 Å². The van der Waals surface area contributed by atoms with Crippen LogP contribution in [0.25, 0.3) is 71.6 Å². The van der Waals surface area contributed by atoms with Gasteiger partial charge in [0.25, 0.3) is 0 Å². The summed E-state index contributed by atoms with van der Waals surface area (Å²) in [7, 11) is 0. The molecule has 1 aromatic heterocycles. The van der Waals surface area contributed by atoms with Crippen molar-refractivity contribution < 1.29 is 0 Å². The van der Waals surface area contributed by atoms with Crippen molar-refractivity contribution in [3.05, 3.63) is 218 Å². The molecule has 254 valence electrons. The molecule has 0 saturated heterocycles. The average Bonchev–Trinajstić information content (AvgIpc) is 3.59. The van der Waals surface area contributed by atoms with Gasteiger partial charge in [0.15, 0.2) is 0 Å². The van der Waals surface area contributed by atoms with Gasteiger partial charge in [-0.2, -0.15) is 0 Å². The summed E-state index contributed by atoms with van der Waals surface area (Å²) in [5.74, 6) is 0. The van der Waals surface area contributed by atoms with E-state index in [9.17, 15) is 0 Å². The number of anilines is 3. The van der Waals surface area contributed by atoms with E-state index in [4.69, 9.17) is 0 Å². The van der Waals surface area contributed by atoms with Gasteiger partial charge in [-0.3, -0.25) is 0 Å². The van der Waals surface area contributed by atoms with Crippen molar-refractivity contribution in [1.82, 2.24) is 4.57 Å². The lowest BCUT2D eigenvalue weighted by Gasteiger charge is -2.30. The van der Waals surface area contributed by atoms with Crippen LogP contribution in [0.1, 0.15) is 0 Å². The van der Waals surface area contributed by atoms with E-state index in [2.05, 4.69) is 228 Å². The molecule has 0 aliphatic carbocycles. The first kappa shape index (κ1) is 31.6. The molecule has 10 aromatic rings. The highest BCUT2D eigenvalue weighted by Crippen LogP contribution is 2.48. The second-order valence-corrected chi connectivity index (χ2v) is 13.7. The number of para-hydroxylation sites is 2. The number of hydrogen-bond acceptors (Lipinski definition) is 1. The van der Waals surface area contributed by atoms with E-state index in [-0.39, 0.29) is 0 Å². The van der Waals surface area contributed by atoms with Gasteiger partial charge in [-0.05, 0) is 93.2 Å². The van der Waals surface area contributed by atoms with E-state index >= 15 is 0 Å². The smallest absolute Gasteiger partial charge is 0.0546 e. The lowest BCUT2D eigenvalue weighted by molar-refractivity contribution is 1.17. The van der Waals surface area contributed by atoms with Crippen molar-refractivity contribution in [2.45, 2.75) is 0 Å². The summed E-state index contributed by atoms with van der Waals surface area (Å²) in [4.78, 5) is 2.44. The first-order valence-corrected chi connectivity index (χ1v) is 18.5. The Labute approximate surface area is 315 Å². The molecule has 0 N–H and O–H groups in total. The Bertz CT molecular complexity index is 2870. The number of hydrogen-bond donors (Lipinski definition) is 0. The van der Waals surface area contributed by atoms with Crippen LogP contribution in [0.4, 0.5) is 17.1 Å². The third-order valence-corrected chi connectivity index (χ3v) is 10.6. The molecule has 9 aromatic carbocycles. The summed E-state index contributed by atoms with van der Waals surface area (Å²) in [6.07, 6.45) is 0. The molecule has 54 heavy (non-hydrogen) atoms. The minimum atomic E-state index is 1.08. The standard InChI is InChI=1S/C52H36N2/c1-3-17-38(18-4-1)44-22-9-10-25-48(44)52-45(39-19-5-2-6-20-39)26-15-29-51(52)53(43-31-30-37-16-7-8-21-40(37)36-43)41-32-34-42(35-33-41)54-49-27-13-11-23-46(49)47-24-12-14-28-50(47)54/h1-36H. The van der Waals surface area contributed by atoms with Crippen molar-refractivity contribution >= 4 is 49.6 Å². The molecule has 0 amide bonds. The molecule has 0 atom stereocenters. The Morgan fingerprint density at radius 3 is 1.54 bits per heavy atom. The van der Waals surface area contributed by atoms with Gasteiger partial charge in [0.2, 0.25) is 0 Å². The third kappa shape index (κ3) is 5.44. The van der Waals surface area contributed by atoms with Crippen molar-refractivity contribution in [1.29, 1.82) is 0 Å². The summed E-state index contributed by atoms with van der Waals surface area (Å²) in [6, 6.07) is 79.0. The van der Waals surface area contributed by atoms with E-state index in [1.165, 1.54) is 66.0 Å². The summed E-state index contributed by atoms with van der Waals surface area (Å²) in [5.41, 5.74) is 13.9. The normalized spacial score (nSPS) is 11.3. The molecule has 0 aliphatic heterocycles. The lowest BCUT2D eigenvalue weighted by Crippen LogP contribution is -2.12. The zero-order chi connectivity index (χ0) is 35.8. The molecule has 2 nitrogen and oxygen atoms in total. The third-order valence-electron chi connectivity index (χ3n) is 10.6. The zero-order valence-corrected chi connectivity index (χ0v) is 29.7. The van der Waals surface area contributed by atoms with Crippen LogP contribution in [-0.2, 0) is 0 Å². The van der Waals surface area contributed by atoms with Crippen LogP contribution in [0.5, 0.6) is 0 Å². The van der Waals surface area contributed by atoms with Gasteiger partial charge in [-0.15, -0.1) is 0 Å². The van der Waals surface area contributed by atoms with Gasteiger partial charge in [0, 0.05) is 33.4 Å². The molecule has 0 radical (unpaired) electrons. The molecule has 0 bridgehead atoms. The summed E-state index contributed by atoms with van der Waals surface area (Å²) in [5, 5.41) is 4.94. The molecule has 0 saturated carbocycles. The number of nitrogens with zero attached hydrogens (tertiary/aromatic N) is 2. The predicted molar refractivity (Wildman–Crippen MR) is 229 cm³/mol. The minimum Gasteiger partial charge on any atom is -0.310 e. The fourth-order valence-electron chi connectivity index (χ4n) is 8.13. The van der Waals surface area contributed by atoms with Crippen LogP contribution in [0, 0.1) is 0 Å². The van der Waals surface area contributed by atoms with Gasteiger partial charge < -0.3 is 9.47 Å². The second-order valence-electron chi connectivity index (χ2n) is 13.7. The Balaban J connectivity index is 1.23. The lowest BCUT2D eigenvalue weighted by atomic mass is 9.87. The van der Waals surface area contributed by atoms with Crippen LogP contribution in [-0.4, -0.2) is 4.57 Å². The number of fused-ring (bicyclic) bond motifs is 4. The molecular weight excluding hydrogens is 653 g/mol. The van der Waals surface area contributed by atoms with Crippen molar-refractivity contribution in [2.75, 3.05) is 4.90 Å². The quantitative estimate of drug-likeness (QED) is 0.162. The predicted octanol–water partition coefficient (Wildman–Crippen LogP) is 14.4. The first-order valence-electron chi connectivity index (χ1n) is 18.5. The molecule has 0 aliphatic rings. The topological polar surface area (TPSA) is 8.17 Å². The summed E-state index contributed by atoms with van der Waals surface area (Å²) < 4.78 is 2.38. The fourth-order valence-corrected chi connectivity index (χ4v) is 8.13. The summed E-state index contributed by atoms with van der Waals surface area (Å²) >= 11 is 0. The van der Waals surface area contributed by atoms with Crippen LogP contribution in [0.15, 0.2) is 218 Å². The van der Waals surface area contributed by atoms with E-state index in [1.54, 1.807) is 0 Å². The second kappa shape index (κ2) is 13.4. The van der Waals surface area contributed by atoms with Crippen LogP contribution in [0.3, 0.4) is 0 Å². The first-order chi connectivity index (χ1) is 26.8. The average molecular weight is 689 g/mol. The Morgan fingerprint density at radius 2 is 0.852 bits per heavy atom. The van der Waals surface area contributed by atoms with Crippen molar-refractivity contribution in [2.24, 2.45) is 0 Å². The monoisotopic (exact) mass is 688 g/mol. The molecule has 2 heteroatoms. The van der Waals surface area contributed by atoms with Crippen LogP contribution >= 0.6 is 0 Å². The molecule has 1 heterocycles. The van der Waals surface area contributed by atoms with E-state index in [0.717, 1.165) is 22.7 Å². The highest BCUT2D eigenvalue weighted by molar-refractivity contribution is 6.09. The molecule has 0 fully saturated rings. The van der Waals surface area contributed by atoms with Gasteiger partial charge in [0.1, 0.15) is 0 Å². The van der Waals surface area contributed by atoms with Gasteiger partial charge in [-0.25, -0.2) is 0 Å². The van der Waals surface area contributed by atoms with Gasteiger partial charge in [-0.1, -0.05) is 164 Å². The highest BCUT2D eigenvalue weighted by atomic mass is 15.1. The van der Waals surface area contributed by atoms with E-state index in [1.807, 2.05) is 0 Å². The maximum absolute atomic E-state index is 2.44. The van der Waals surface area contributed by atoms with Crippen molar-refractivity contribution in [3.8, 4) is 39.1 Å². The zero-order valence-electron chi connectivity index (χ0n) is 29.7. The Kier molecular flexibility index (Phi) is 7.85. The van der Waals surface area contributed by atoms with Crippen molar-refractivity contribution in [3.63, 3.8) is 0 Å². The Hall–Kier alpha value is -7.16.